The zero-order valence-electron chi connectivity index (χ0n) is 13.2. The molecule has 118 valence electrons. The summed E-state index contributed by atoms with van der Waals surface area (Å²) >= 11 is 1.54. The highest BCUT2D eigenvalue weighted by molar-refractivity contribution is 7.17. The second kappa shape index (κ2) is 7.22. The number of carbonyl (C=O) groups excluding carboxylic acids is 1. The molecule has 7 heteroatoms. The molecule has 0 saturated heterocycles. The van der Waals surface area contributed by atoms with E-state index in [1.807, 2.05) is 0 Å². The van der Waals surface area contributed by atoms with Gasteiger partial charge in [-0.15, -0.1) is 0 Å². The number of hydrogen-bond acceptors (Lipinski definition) is 6. The second-order valence-corrected chi connectivity index (χ2v) is 5.78. The van der Waals surface area contributed by atoms with Gasteiger partial charge in [0.2, 0.25) is 0 Å². The van der Waals surface area contributed by atoms with Gasteiger partial charge >= 0.3 is 0 Å². The molecule has 0 aliphatic rings. The van der Waals surface area contributed by atoms with Gasteiger partial charge in [-0.2, -0.15) is 5.10 Å². The standard InChI is InChI=1S/C15H20N4O2S/c1-5-19(6-2)15-16-8-12(22-15)9-17-18-14(20)13-7-10(3)21-11(13)4/h7-9H,5-6H2,1-4H3,(H,18,20)/b17-9-. The number of aromatic nitrogens is 1. The van der Waals surface area contributed by atoms with E-state index >= 15 is 0 Å². The number of rotatable bonds is 6. The second-order valence-electron chi connectivity index (χ2n) is 4.74. The summed E-state index contributed by atoms with van der Waals surface area (Å²) in [6.45, 7) is 9.57. The third-order valence-electron chi connectivity index (χ3n) is 3.19. The summed E-state index contributed by atoms with van der Waals surface area (Å²) in [6.07, 6.45) is 3.35. The molecule has 0 radical (unpaired) electrons. The molecule has 6 nitrogen and oxygen atoms in total. The number of amides is 1. The van der Waals surface area contributed by atoms with E-state index in [2.05, 4.69) is 34.3 Å². The molecule has 2 heterocycles. The lowest BCUT2D eigenvalue weighted by Crippen LogP contribution is -2.21. The SMILES string of the molecule is CCN(CC)c1ncc(/C=N\NC(=O)c2cc(C)oc2C)s1. The van der Waals surface area contributed by atoms with E-state index in [1.165, 1.54) is 0 Å². The van der Waals surface area contributed by atoms with Gasteiger partial charge in [0.1, 0.15) is 11.5 Å². The lowest BCUT2D eigenvalue weighted by Gasteiger charge is -2.16. The van der Waals surface area contributed by atoms with Crippen molar-refractivity contribution in [1.82, 2.24) is 10.4 Å². The van der Waals surface area contributed by atoms with Crippen molar-refractivity contribution in [2.75, 3.05) is 18.0 Å². The molecule has 0 unspecified atom stereocenters. The third-order valence-corrected chi connectivity index (χ3v) is 4.18. The van der Waals surface area contributed by atoms with Gasteiger partial charge in [-0.3, -0.25) is 4.79 Å². The normalized spacial score (nSPS) is 11.1. The molecule has 2 rings (SSSR count). The molecule has 0 atom stereocenters. The molecule has 2 aromatic heterocycles. The summed E-state index contributed by atoms with van der Waals surface area (Å²) in [4.78, 5) is 19.4. The number of carbonyl (C=O) groups is 1. The van der Waals surface area contributed by atoms with Crippen LogP contribution >= 0.6 is 11.3 Å². The number of nitrogens with one attached hydrogen (secondary N) is 1. The largest absolute Gasteiger partial charge is 0.466 e. The lowest BCUT2D eigenvalue weighted by molar-refractivity contribution is 0.0953. The first-order valence-electron chi connectivity index (χ1n) is 7.16. The molecular weight excluding hydrogens is 300 g/mol. The lowest BCUT2D eigenvalue weighted by atomic mass is 10.2. The van der Waals surface area contributed by atoms with Crippen molar-refractivity contribution >= 4 is 28.6 Å². The van der Waals surface area contributed by atoms with Crippen LogP contribution in [0.1, 0.15) is 40.6 Å². The summed E-state index contributed by atoms with van der Waals surface area (Å²) < 4.78 is 5.33. The maximum atomic E-state index is 12.0. The highest BCUT2D eigenvalue weighted by atomic mass is 32.1. The van der Waals surface area contributed by atoms with Crippen molar-refractivity contribution in [1.29, 1.82) is 0 Å². The quantitative estimate of drug-likeness (QED) is 0.656. The Morgan fingerprint density at radius 2 is 2.18 bits per heavy atom. The third kappa shape index (κ3) is 3.73. The molecule has 0 saturated carbocycles. The monoisotopic (exact) mass is 320 g/mol. The van der Waals surface area contributed by atoms with Gasteiger partial charge in [0.25, 0.3) is 5.91 Å². The number of nitrogens with zero attached hydrogens (tertiary/aromatic N) is 3. The molecule has 0 bridgehead atoms. The summed E-state index contributed by atoms with van der Waals surface area (Å²) in [5, 5.41) is 4.94. The summed E-state index contributed by atoms with van der Waals surface area (Å²) in [5.41, 5.74) is 3.01. The first-order chi connectivity index (χ1) is 10.5. The number of anilines is 1. The van der Waals surface area contributed by atoms with Gasteiger partial charge in [0.05, 0.1) is 16.7 Å². The van der Waals surface area contributed by atoms with Gasteiger partial charge in [-0.05, 0) is 33.8 Å². The van der Waals surface area contributed by atoms with E-state index in [4.69, 9.17) is 4.42 Å². The highest BCUT2D eigenvalue weighted by Gasteiger charge is 2.12. The summed E-state index contributed by atoms with van der Waals surface area (Å²) in [7, 11) is 0. The Hall–Kier alpha value is -2.15. The number of furan rings is 1. The first kappa shape index (κ1) is 16.2. The van der Waals surface area contributed by atoms with Crippen LogP contribution in [0.25, 0.3) is 0 Å². The van der Waals surface area contributed by atoms with Crippen LogP contribution in [0.5, 0.6) is 0 Å². The average Bonchev–Trinajstić information content (AvgIpc) is 3.07. The van der Waals surface area contributed by atoms with Gasteiger partial charge < -0.3 is 9.32 Å². The Balaban J connectivity index is 1.98. The maximum Gasteiger partial charge on any atom is 0.274 e. The minimum atomic E-state index is -0.279. The van der Waals surface area contributed by atoms with E-state index in [9.17, 15) is 4.79 Å². The molecule has 0 aromatic carbocycles. The fourth-order valence-electron chi connectivity index (χ4n) is 2.05. The Bertz CT molecular complexity index is 671. The van der Waals surface area contributed by atoms with Crippen molar-refractivity contribution in [3.63, 3.8) is 0 Å². The average molecular weight is 320 g/mol. The van der Waals surface area contributed by atoms with E-state index < -0.39 is 0 Å². The number of thiazole rings is 1. The molecule has 1 N–H and O–H groups in total. The fraction of sp³-hybridized carbons (Fsp3) is 0.400. The molecule has 2 aromatic rings. The van der Waals surface area contributed by atoms with Crippen LogP contribution in [0.3, 0.4) is 0 Å². The summed E-state index contributed by atoms with van der Waals surface area (Å²) in [5.74, 6) is 1.02. The van der Waals surface area contributed by atoms with E-state index in [1.54, 1.807) is 43.7 Å². The number of hydrogen-bond donors (Lipinski definition) is 1. The predicted octanol–water partition coefficient (Wildman–Crippen LogP) is 2.96. The van der Waals surface area contributed by atoms with E-state index in [0.717, 1.165) is 23.1 Å². The maximum absolute atomic E-state index is 12.0. The Morgan fingerprint density at radius 3 is 2.77 bits per heavy atom. The van der Waals surface area contributed by atoms with Crippen LogP contribution in [-0.4, -0.2) is 30.2 Å². The Kier molecular flexibility index (Phi) is 5.32. The zero-order valence-corrected chi connectivity index (χ0v) is 14.0. The van der Waals surface area contributed by atoms with Crippen LogP contribution in [0.4, 0.5) is 5.13 Å². The van der Waals surface area contributed by atoms with E-state index in [-0.39, 0.29) is 5.91 Å². The smallest absolute Gasteiger partial charge is 0.274 e. The van der Waals surface area contributed by atoms with Gasteiger partial charge in [0, 0.05) is 19.3 Å². The van der Waals surface area contributed by atoms with Crippen molar-refractivity contribution in [2.24, 2.45) is 5.10 Å². The first-order valence-corrected chi connectivity index (χ1v) is 7.98. The minimum Gasteiger partial charge on any atom is -0.466 e. The van der Waals surface area contributed by atoms with Gasteiger partial charge in [0.15, 0.2) is 5.13 Å². The summed E-state index contributed by atoms with van der Waals surface area (Å²) in [6, 6.07) is 1.70. The highest BCUT2D eigenvalue weighted by Crippen LogP contribution is 2.20. The van der Waals surface area contributed by atoms with Crippen molar-refractivity contribution in [3.05, 3.63) is 34.2 Å². The van der Waals surface area contributed by atoms with Crippen molar-refractivity contribution < 1.29 is 9.21 Å². The molecule has 0 spiro atoms. The zero-order chi connectivity index (χ0) is 16.1. The van der Waals surface area contributed by atoms with Crippen LogP contribution in [0.15, 0.2) is 21.8 Å². The van der Waals surface area contributed by atoms with Crippen molar-refractivity contribution in [3.8, 4) is 0 Å². The van der Waals surface area contributed by atoms with Crippen LogP contribution in [0, 0.1) is 13.8 Å². The molecule has 22 heavy (non-hydrogen) atoms. The van der Waals surface area contributed by atoms with E-state index in [0.29, 0.717) is 17.1 Å². The molecule has 1 amide bonds. The number of aryl methyl sites for hydroxylation is 2. The van der Waals surface area contributed by atoms with Gasteiger partial charge in [-0.1, -0.05) is 11.3 Å². The minimum absolute atomic E-state index is 0.279. The Labute approximate surface area is 133 Å². The van der Waals surface area contributed by atoms with Crippen LogP contribution in [0.2, 0.25) is 0 Å². The van der Waals surface area contributed by atoms with Gasteiger partial charge in [-0.25, -0.2) is 10.4 Å². The Morgan fingerprint density at radius 1 is 1.45 bits per heavy atom. The molecule has 0 aliphatic heterocycles. The van der Waals surface area contributed by atoms with Crippen LogP contribution < -0.4 is 10.3 Å². The predicted molar refractivity (Wildman–Crippen MR) is 88.9 cm³/mol. The topological polar surface area (TPSA) is 70.7 Å². The number of hydrazone groups is 1. The molecule has 0 fully saturated rings. The van der Waals surface area contributed by atoms with Crippen molar-refractivity contribution in [2.45, 2.75) is 27.7 Å². The fourth-order valence-corrected chi connectivity index (χ4v) is 2.96. The molecular formula is C15H20N4O2S. The van der Waals surface area contributed by atoms with Crippen LogP contribution in [-0.2, 0) is 0 Å². The molecule has 0 aliphatic carbocycles.